The molecule has 0 radical (unpaired) electrons. The highest BCUT2D eigenvalue weighted by Crippen LogP contribution is 2.46. The number of halogens is 3. The molecule has 2 N–H and O–H groups in total. The number of nitrogens with one attached hydrogen (secondary N) is 2. The number of carbonyl (C=O) groups excluding carboxylic acids is 4. The highest BCUT2D eigenvalue weighted by atomic mass is 19.4. The summed E-state index contributed by atoms with van der Waals surface area (Å²) < 4.78 is 43.6. The first-order chi connectivity index (χ1) is 15.6. The van der Waals surface area contributed by atoms with E-state index in [2.05, 4.69) is 5.32 Å². The number of carbonyl (C=O) groups is 4. The Hall–Kier alpha value is -2.59. The van der Waals surface area contributed by atoms with Gasteiger partial charge in [0.2, 0.25) is 11.8 Å². The van der Waals surface area contributed by atoms with Crippen LogP contribution in [0.1, 0.15) is 58.3 Å². The summed E-state index contributed by atoms with van der Waals surface area (Å²) in [6.45, 7) is 2.01. The molecule has 0 bridgehead atoms. The number of ether oxygens (including phenoxy) is 1. The predicted octanol–water partition coefficient (Wildman–Crippen LogP) is 1.98. The molecule has 1 saturated carbocycles. The number of fused-ring (bicyclic) bond motifs is 2. The number of hydrogen-bond acceptors (Lipinski definition) is 5. The van der Waals surface area contributed by atoms with Gasteiger partial charge < -0.3 is 20.3 Å². The molecule has 8 nitrogen and oxygen atoms in total. The van der Waals surface area contributed by atoms with Crippen molar-refractivity contribution < 1.29 is 37.1 Å². The number of alkyl halides is 3. The molecule has 184 valence electrons. The summed E-state index contributed by atoms with van der Waals surface area (Å²) in [5.41, 5.74) is -1.19. The second kappa shape index (κ2) is 10.1. The van der Waals surface area contributed by atoms with Crippen LogP contribution in [0.25, 0.3) is 0 Å². The summed E-state index contributed by atoms with van der Waals surface area (Å²) >= 11 is 0. The highest BCUT2D eigenvalue weighted by molar-refractivity contribution is 5.97. The molecule has 2 aliphatic heterocycles. The van der Waals surface area contributed by atoms with Gasteiger partial charge in [-0.05, 0) is 45.4 Å². The maximum absolute atomic E-state index is 13.1. The van der Waals surface area contributed by atoms with E-state index in [-0.39, 0.29) is 25.5 Å². The van der Waals surface area contributed by atoms with Crippen molar-refractivity contribution in [1.82, 2.24) is 15.5 Å². The van der Waals surface area contributed by atoms with Crippen LogP contribution in [0.4, 0.5) is 13.2 Å². The standard InChI is InChI=1S/C22H30F3N3O5/c1-2-33-20(32)21-13-14(21)9-6-4-3-5-7-10-15(26-19(31)22(23,24)25)18(30)28-12-8-11-16(28)17(29)27-21/h6,9,14-16H,2-5,7-8,10-13H2,1H3,(H,26,31)(H,27,29)/b9-6-/t14-,15+,16+,21-/m1/s1. The summed E-state index contributed by atoms with van der Waals surface area (Å²) in [5.74, 6) is -4.18. The zero-order valence-corrected chi connectivity index (χ0v) is 18.6. The molecule has 0 unspecified atom stereocenters. The van der Waals surface area contributed by atoms with E-state index in [0.29, 0.717) is 38.5 Å². The quantitative estimate of drug-likeness (QED) is 0.482. The SMILES string of the molecule is CCOC(=O)[C@@]12C[C@H]1/C=C\CCCCC[C@H](NC(=O)C(F)(F)F)C(=O)N1CCC[C@H]1C(=O)N2. The average molecular weight is 473 g/mol. The van der Waals surface area contributed by atoms with Crippen molar-refractivity contribution in [3.63, 3.8) is 0 Å². The van der Waals surface area contributed by atoms with Crippen molar-refractivity contribution in [2.45, 2.75) is 82.1 Å². The number of nitrogens with zero attached hydrogens (tertiary/aromatic N) is 1. The van der Waals surface area contributed by atoms with Crippen LogP contribution < -0.4 is 10.6 Å². The fourth-order valence-corrected chi connectivity index (χ4v) is 4.56. The Bertz CT molecular complexity index is 816. The zero-order valence-electron chi connectivity index (χ0n) is 18.6. The van der Waals surface area contributed by atoms with Crippen LogP contribution in [0.3, 0.4) is 0 Å². The molecule has 2 heterocycles. The Balaban J connectivity index is 1.84. The fraction of sp³-hybridized carbons (Fsp3) is 0.727. The molecule has 11 heteroatoms. The average Bonchev–Trinajstić information content (AvgIpc) is 3.21. The summed E-state index contributed by atoms with van der Waals surface area (Å²) in [4.78, 5) is 51.6. The summed E-state index contributed by atoms with van der Waals surface area (Å²) in [6.07, 6.45) is 2.46. The van der Waals surface area contributed by atoms with Gasteiger partial charge in [-0.3, -0.25) is 14.4 Å². The minimum absolute atomic E-state index is 0.0462. The first-order valence-electron chi connectivity index (χ1n) is 11.4. The molecule has 0 aromatic heterocycles. The zero-order chi connectivity index (χ0) is 24.2. The molecule has 3 aliphatic rings. The van der Waals surface area contributed by atoms with Crippen molar-refractivity contribution in [3.8, 4) is 0 Å². The maximum Gasteiger partial charge on any atom is 0.471 e. The van der Waals surface area contributed by atoms with Gasteiger partial charge in [0, 0.05) is 12.5 Å². The Morgan fingerprint density at radius 1 is 1.21 bits per heavy atom. The number of esters is 1. The lowest BCUT2D eigenvalue weighted by Gasteiger charge is -2.30. The molecular formula is C22H30F3N3O5. The molecule has 1 aliphatic carbocycles. The van der Waals surface area contributed by atoms with E-state index in [9.17, 15) is 32.3 Å². The van der Waals surface area contributed by atoms with Gasteiger partial charge >= 0.3 is 18.1 Å². The molecule has 0 spiro atoms. The third-order valence-corrected chi connectivity index (χ3v) is 6.43. The Kier molecular flexibility index (Phi) is 7.69. The first kappa shape index (κ1) is 25.0. The fourth-order valence-electron chi connectivity index (χ4n) is 4.56. The molecule has 0 aromatic rings. The van der Waals surface area contributed by atoms with Crippen LogP contribution in [0.15, 0.2) is 12.2 Å². The summed E-state index contributed by atoms with van der Waals surface area (Å²) in [5, 5.41) is 4.58. The van der Waals surface area contributed by atoms with Gasteiger partial charge in [-0.15, -0.1) is 0 Å². The van der Waals surface area contributed by atoms with E-state index >= 15 is 0 Å². The molecule has 2 fully saturated rings. The smallest absolute Gasteiger partial charge is 0.464 e. The van der Waals surface area contributed by atoms with E-state index in [1.165, 1.54) is 4.90 Å². The second-order valence-electron chi connectivity index (χ2n) is 8.77. The van der Waals surface area contributed by atoms with Gasteiger partial charge in [0.25, 0.3) is 0 Å². The van der Waals surface area contributed by atoms with Gasteiger partial charge in [0.15, 0.2) is 0 Å². The van der Waals surface area contributed by atoms with E-state index in [0.717, 1.165) is 6.42 Å². The Morgan fingerprint density at radius 3 is 2.67 bits per heavy atom. The van der Waals surface area contributed by atoms with E-state index in [1.807, 2.05) is 17.5 Å². The van der Waals surface area contributed by atoms with Gasteiger partial charge in [-0.25, -0.2) is 4.79 Å². The van der Waals surface area contributed by atoms with E-state index in [4.69, 9.17) is 4.74 Å². The highest BCUT2D eigenvalue weighted by Gasteiger charge is 2.62. The Labute approximate surface area is 190 Å². The molecule has 3 amide bonds. The number of hydrogen-bond donors (Lipinski definition) is 2. The number of amides is 3. The van der Waals surface area contributed by atoms with Gasteiger partial charge in [0.1, 0.15) is 17.6 Å². The molecule has 33 heavy (non-hydrogen) atoms. The van der Waals surface area contributed by atoms with E-state index < -0.39 is 47.5 Å². The minimum Gasteiger partial charge on any atom is -0.464 e. The molecular weight excluding hydrogens is 443 g/mol. The second-order valence-corrected chi connectivity index (χ2v) is 8.77. The summed E-state index contributed by atoms with van der Waals surface area (Å²) in [7, 11) is 0. The summed E-state index contributed by atoms with van der Waals surface area (Å²) in [6, 6.07) is -2.30. The number of rotatable bonds is 3. The third kappa shape index (κ3) is 5.67. The van der Waals surface area contributed by atoms with Crippen molar-refractivity contribution in [1.29, 1.82) is 0 Å². The first-order valence-corrected chi connectivity index (χ1v) is 11.4. The molecule has 1 saturated heterocycles. The van der Waals surface area contributed by atoms with Crippen molar-refractivity contribution in [2.24, 2.45) is 5.92 Å². The lowest BCUT2D eigenvalue weighted by atomic mass is 10.0. The maximum atomic E-state index is 13.1. The molecule has 0 aromatic carbocycles. The number of allylic oxidation sites excluding steroid dienone is 1. The van der Waals surface area contributed by atoms with Crippen LogP contribution in [0.5, 0.6) is 0 Å². The monoisotopic (exact) mass is 473 g/mol. The normalized spacial score (nSPS) is 31.9. The van der Waals surface area contributed by atoms with Gasteiger partial charge in [0.05, 0.1) is 6.61 Å². The van der Waals surface area contributed by atoms with Crippen LogP contribution in [-0.4, -0.2) is 65.5 Å². The van der Waals surface area contributed by atoms with Crippen LogP contribution >= 0.6 is 0 Å². The predicted molar refractivity (Wildman–Crippen MR) is 111 cm³/mol. The van der Waals surface area contributed by atoms with Gasteiger partial charge in [-0.2, -0.15) is 13.2 Å². The molecule has 4 atom stereocenters. The lowest BCUT2D eigenvalue weighted by Crippen LogP contribution is -2.57. The van der Waals surface area contributed by atoms with Gasteiger partial charge in [-0.1, -0.05) is 25.0 Å². The minimum atomic E-state index is -5.11. The molecule has 3 rings (SSSR count). The van der Waals surface area contributed by atoms with Crippen LogP contribution in [0.2, 0.25) is 0 Å². The Morgan fingerprint density at radius 2 is 1.97 bits per heavy atom. The largest absolute Gasteiger partial charge is 0.471 e. The lowest BCUT2D eigenvalue weighted by molar-refractivity contribution is -0.175. The van der Waals surface area contributed by atoms with Crippen molar-refractivity contribution in [2.75, 3.05) is 13.2 Å². The topological polar surface area (TPSA) is 105 Å². The van der Waals surface area contributed by atoms with Crippen LogP contribution in [-0.2, 0) is 23.9 Å². The van der Waals surface area contributed by atoms with Crippen molar-refractivity contribution >= 4 is 23.7 Å². The van der Waals surface area contributed by atoms with Crippen molar-refractivity contribution in [3.05, 3.63) is 12.2 Å². The van der Waals surface area contributed by atoms with E-state index in [1.54, 1.807) is 6.92 Å². The third-order valence-electron chi connectivity index (χ3n) is 6.43. The van der Waals surface area contributed by atoms with Crippen LogP contribution in [0, 0.1) is 5.92 Å².